The molecule has 0 aliphatic rings. The summed E-state index contributed by atoms with van der Waals surface area (Å²) in [5.74, 6) is 3.57. The van der Waals surface area contributed by atoms with Crippen molar-refractivity contribution < 1.29 is 13.6 Å². The molecule has 0 bridgehead atoms. The van der Waals surface area contributed by atoms with Gasteiger partial charge in [0.1, 0.15) is 11.6 Å². The zero-order valence-corrected chi connectivity index (χ0v) is 11.0. The lowest BCUT2D eigenvalue weighted by molar-refractivity contribution is 0.102. The predicted octanol–water partition coefficient (Wildman–Crippen LogP) is 2.53. The SMILES string of the molecule is NCC#Cc1ccc(C(=O)Nc2ccc(F)cc2)c(F)c1. The molecular weight excluding hydrogens is 274 g/mol. The average molecular weight is 286 g/mol. The molecule has 21 heavy (non-hydrogen) atoms. The van der Waals surface area contributed by atoms with Crippen LogP contribution in [0, 0.1) is 23.5 Å². The van der Waals surface area contributed by atoms with Crippen molar-refractivity contribution in [3.05, 3.63) is 65.2 Å². The van der Waals surface area contributed by atoms with Gasteiger partial charge in [0, 0.05) is 11.3 Å². The highest BCUT2D eigenvalue weighted by Crippen LogP contribution is 2.14. The molecule has 1 amide bonds. The van der Waals surface area contributed by atoms with Gasteiger partial charge in [-0.3, -0.25) is 4.79 Å². The molecule has 0 aliphatic heterocycles. The smallest absolute Gasteiger partial charge is 0.258 e. The number of amides is 1. The number of anilines is 1. The number of carbonyl (C=O) groups is 1. The van der Waals surface area contributed by atoms with Crippen molar-refractivity contribution >= 4 is 11.6 Å². The lowest BCUT2D eigenvalue weighted by Gasteiger charge is -2.06. The topological polar surface area (TPSA) is 55.1 Å². The van der Waals surface area contributed by atoms with E-state index in [1.54, 1.807) is 0 Å². The third-order valence-corrected chi connectivity index (χ3v) is 2.65. The van der Waals surface area contributed by atoms with Gasteiger partial charge in [-0.05, 0) is 42.5 Å². The molecule has 106 valence electrons. The molecule has 0 heterocycles. The fourth-order valence-corrected chi connectivity index (χ4v) is 1.66. The number of nitrogens with two attached hydrogens (primary N) is 1. The van der Waals surface area contributed by atoms with Crippen LogP contribution in [0.4, 0.5) is 14.5 Å². The zero-order chi connectivity index (χ0) is 15.2. The monoisotopic (exact) mass is 286 g/mol. The van der Waals surface area contributed by atoms with Crippen LogP contribution in [0.1, 0.15) is 15.9 Å². The van der Waals surface area contributed by atoms with E-state index in [0.717, 1.165) is 0 Å². The van der Waals surface area contributed by atoms with Crippen LogP contribution < -0.4 is 11.1 Å². The standard InChI is InChI=1S/C16H12F2N2O/c17-12-4-6-13(7-5-12)20-16(21)14-8-3-11(2-1-9-19)10-15(14)18/h3-8,10H,9,19H2,(H,20,21). The first-order chi connectivity index (χ1) is 10.1. The first kappa shape index (κ1) is 14.7. The summed E-state index contributed by atoms with van der Waals surface area (Å²) in [7, 11) is 0. The molecular formula is C16H12F2N2O. The van der Waals surface area contributed by atoms with Gasteiger partial charge in [0.05, 0.1) is 12.1 Å². The van der Waals surface area contributed by atoms with Crippen LogP contribution >= 0.6 is 0 Å². The van der Waals surface area contributed by atoms with E-state index < -0.39 is 17.5 Å². The van der Waals surface area contributed by atoms with E-state index in [0.29, 0.717) is 11.3 Å². The molecule has 2 aromatic carbocycles. The summed E-state index contributed by atoms with van der Waals surface area (Å²) < 4.78 is 26.6. The molecule has 3 nitrogen and oxygen atoms in total. The number of nitrogens with one attached hydrogen (secondary N) is 1. The van der Waals surface area contributed by atoms with Crippen LogP contribution in [-0.4, -0.2) is 12.5 Å². The highest BCUT2D eigenvalue weighted by Gasteiger charge is 2.12. The second-order valence-corrected chi connectivity index (χ2v) is 4.16. The van der Waals surface area contributed by atoms with E-state index in [1.165, 1.54) is 42.5 Å². The van der Waals surface area contributed by atoms with Crippen molar-refractivity contribution in [3.8, 4) is 11.8 Å². The molecule has 3 N–H and O–H groups in total. The van der Waals surface area contributed by atoms with E-state index in [1.807, 2.05) is 0 Å². The number of rotatable bonds is 2. The third-order valence-electron chi connectivity index (χ3n) is 2.65. The Labute approximate surface area is 120 Å². The van der Waals surface area contributed by atoms with E-state index in [-0.39, 0.29) is 12.1 Å². The lowest BCUT2D eigenvalue weighted by atomic mass is 10.1. The fourth-order valence-electron chi connectivity index (χ4n) is 1.66. The summed E-state index contributed by atoms with van der Waals surface area (Å²) in [6, 6.07) is 9.25. The number of hydrogen-bond acceptors (Lipinski definition) is 2. The Morgan fingerprint density at radius 2 is 1.86 bits per heavy atom. The van der Waals surface area contributed by atoms with Gasteiger partial charge >= 0.3 is 0 Å². The van der Waals surface area contributed by atoms with Crippen LogP contribution in [0.15, 0.2) is 42.5 Å². The molecule has 0 aromatic heterocycles. The van der Waals surface area contributed by atoms with Gasteiger partial charge in [-0.1, -0.05) is 11.8 Å². The van der Waals surface area contributed by atoms with Gasteiger partial charge < -0.3 is 11.1 Å². The molecule has 0 aliphatic carbocycles. The first-order valence-electron chi connectivity index (χ1n) is 6.15. The Hall–Kier alpha value is -2.71. The average Bonchev–Trinajstić information content (AvgIpc) is 2.47. The third kappa shape index (κ3) is 3.88. The normalized spacial score (nSPS) is 9.67. The van der Waals surface area contributed by atoms with Crippen LogP contribution in [0.2, 0.25) is 0 Å². The summed E-state index contributed by atoms with van der Waals surface area (Å²) in [6.45, 7) is 0.175. The maximum absolute atomic E-state index is 13.9. The van der Waals surface area contributed by atoms with Gasteiger partial charge in [0.15, 0.2) is 0 Å². The van der Waals surface area contributed by atoms with Gasteiger partial charge in [-0.2, -0.15) is 0 Å². The Bertz CT molecular complexity index is 715. The molecule has 0 atom stereocenters. The minimum absolute atomic E-state index is 0.113. The molecule has 2 rings (SSSR count). The fraction of sp³-hybridized carbons (Fsp3) is 0.0625. The number of carbonyl (C=O) groups excluding carboxylic acids is 1. The van der Waals surface area contributed by atoms with Gasteiger partial charge in [0.2, 0.25) is 0 Å². The molecule has 5 heteroatoms. The molecule has 0 spiro atoms. The minimum atomic E-state index is -0.682. The van der Waals surface area contributed by atoms with Crippen LogP contribution in [0.25, 0.3) is 0 Å². The van der Waals surface area contributed by atoms with Gasteiger partial charge in [0.25, 0.3) is 5.91 Å². The summed E-state index contributed by atoms with van der Waals surface area (Å²) in [5.41, 5.74) is 5.94. The van der Waals surface area contributed by atoms with Crippen LogP contribution in [-0.2, 0) is 0 Å². The summed E-state index contributed by atoms with van der Waals surface area (Å²) in [5, 5.41) is 2.49. The molecule has 2 aromatic rings. The molecule has 0 saturated heterocycles. The highest BCUT2D eigenvalue weighted by atomic mass is 19.1. The molecule has 0 saturated carbocycles. The van der Waals surface area contributed by atoms with Crippen molar-refractivity contribution in [2.24, 2.45) is 5.73 Å². The van der Waals surface area contributed by atoms with Crippen LogP contribution in [0.5, 0.6) is 0 Å². The quantitative estimate of drug-likeness (QED) is 0.834. The van der Waals surface area contributed by atoms with Crippen LogP contribution in [0.3, 0.4) is 0 Å². The number of benzene rings is 2. The predicted molar refractivity (Wildman–Crippen MR) is 76.7 cm³/mol. The molecule has 0 radical (unpaired) electrons. The van der Waals surface area contributed by atoms with Gasteiger partial charge in [-0.15, -0.1) is 0 Å². The second-order valence-electron chi connectivity index (χ2n) is 4.16. The molecule has 0 fully saturated rings. The number of hydrogen-bond donors (Lipinski definition) is 2. The summed E-state index contributed by atoms with van der Waals surface area (Å²) >= 11 is 0. The summed E-state index contributed by atoms with van der Waals surface area (Å²) in [4.78, 5) is 11.9. The number of halogens is 2. The Morgan fingerprint density at radius 3 is 2.48 bits per heavy atom. The van der Waals surface area contributed by atoms with E-state index in [2.05, 4.69) is 17.2 Å². The van der Waals surface area contributed by atoms with E-state index in [9.17, 15) is 13.6 Å². The first-order valence-corrected chi connectivity index (χ1v) is 6.15. The lowest BCUT2D eigenvalue weighted by Crippen LogP contribution is -2.13. The van der Waals surface area contributed by atoms with Crippen molar-refractivity contribution in [2.45, 2.75) is 0 Å². The Balaban J connectivity index is 2.17. The van der Waals surface area contributed by atoms with Gasteiger partial charge in [-0.25, -0.2) is 8.78 Å². The molecule has 0 unspecified atom stereocenters. The Kier molecular flexibility index (Phi) is 4.64. The summed E-state index contributed by atoms with van der Waals surface area (Å²) in [6.07, 6.45) is 0. The van der Waals surface area contributed by atoms with Crippen molar-refractivity contribution in [1.29, 1.82) is 0 Å². The van der Waals surface area contributed by atoms with Crippen molar-refractivity contribution in [2.75, 3.05) is 11.9 Å². The van der Waals surface area contributed by atoms with E-state index >= 15 is 0 Å². The largest absolute Gasteiger partial charge is 0.322 e. The maximum Gasteiger partial charge on any atom is 0.258 e. The zero-order valence-electron chi connectivity index (χ0n) is 11.0. The Morgan fingerprint density at radius 1 is 1.14 bits per heavy atom. The van der Waals surface area contributed by atoms with Crippen molar-refractivity contribution in [1.82, 2.24) is 0 Å². The minimum Gasteiger partial charge on any atom is -0.322 e. The second kappa shape index (κ2) is 6.64. The van der Waals surface area contributed by atoms with Crippen molar-refractivity contribution in [3.63, 3.8) is 0 Å². The maximum atomic E-state index is 13.9. The van der Waals surface area contributed by atoms with E-state index in [4.69, 9.17) is 5.73 Å². The highest BCUT2D eigenvalue weighted by molar-refractivity contribution is 6.04.